The van der Waals surface area contributed by atoms with Gasteiger partial charge in [-0.05, 0) is 37.3 Å². The molecule has 2 aromatic rings. The normalized spacial score (nSPS) is 11.4. The van der Waals surface area contributed by atoms with Gasteiger partial charge in [-0.25, -0.2) is 8.42 Å². The highest BCUT2D eigenvalue weighted by Gasteiger charge is 2.22. The van der Waals surface area contributed by atoms with Crippen molar-refractivity contribution >= 4 is 27.4 Å². The van der Waals surface area contributed by atoms with Crippen LogP contribution in [0.3, 0.4) is 0 Å². The maximum absolute atomic E-state index is 12.4. The van der Waals surface area contributed by atoms with Crippen LogP contribution in [0.15, 0.2) is 53.4 Å². The van der Waals surface area contributed by atoms with Crippen LogP contribution in [-0.2, 0) is 14.9 Å². The van der Waals surface area contributed by atoms with E-state index >= 15 is 0 Å². The lowest BCUT2D eigenvalue weighted by molar-refractivity contribution is -0.0258. The van der Waals surface area contributed by atoms with E-state index in [2.05, 4.69) is 5.32 Å². The van der Waals surface area contributed by atoms with Crippen molar-refractivity contribution in [1.82, 2.24) is 4.47 Å². The maximum atomic E-state index is 12.4. The number of ketones is 1. The highest BCUT2D eigenvalue weighted by molar-refractivity contribution is 7.89. The minimum atomic E-state index is -3.85. The Hall–Kier alpha value is -2.55. The van der Waals surface area contributed by atoms with E-state index in [1.165, 1.54) is 45.3 Å². The lowest BCUT2D eigenvalue weighted by atomic mass is 10.1. The van der Waals surface area contributed by atoms with Gasteiger partial charge in [0.15, 0.2) is 5.78 Å². The summed E-state index contributed by atoms with van der Waals surface area (Å²) < 4.78 is 25.2. The molecule has 0 atom stereocenters. The Morgan fingerprint density at radius 2 is 1.68 bits per heavy atom. The number of rotatable bonds is 6. The molecule has 0 heterocycles. The van der Waals surface area contributed by atoms with Crippen LogP contribution < -0.4 is 5.32 Å². The van der Waals surface area contributed by atoms with E-state index < -0.39 is 15.9 Å². The number of nitrogens with zero attached hydrogens (tertiary/aromatic N) is 1. The van der Waals surface area contributed by atoms with Crippen molar-refractivity contribution in [1.29, 1.82) is 0 Å². The summed E-state index contributed by atoms with van der Waals surface area (Å²) in [5, 5.41) is 2.64. The molecule has 2 rings (SSSR count). The van der Waals surface area contributed by atoms with Crippen molar-refractivity contribution in [3.05, 3.63) is 59.7 Å². The molecule has 132 valence electrons. The summed E-state index contributed by atoms with van der Waals surface area (Å²) in [7, 11) is -1.36. The van der Waals surface area contributed by atoms with Crippen LogP contribution in [0.5, 0.6) is 0 Å². The second-order valence-electron chi connectivity index (χ2n) is 5.22. The Bertz CT molecular complexity index is 909. The Morgan fingerprint density at radius 3 is 2.32 bits per heavy atom. The van der Waals surface area contributed by atoms with Crippen molar-refractivity contribution in [3.63, 3.8) is 0 Å². The highest BCUT2D eigenvalue weighted by Crippen LogP contribution is 2.18. The van der Waals surface area contributed by atoms with Crippen LogP contribution in [0.1, 0.15) is 27.6 Å². The summed E-state index contributed by atoms with van der Waals surface area (Å²) in [6, 6.07) is 12.1. The first-order chi connectivity index (χ1) is 11.8. The molecule has 0 unspecified atom stereocenters. The molecule has 0 fully saturated rings. The standard InChI is InChI=1S/C17H18N2O5S/c1-12(20)13-6-4-8-15(10-13)18-17(21)14-7-5-9-16(11-14)25(22,23)19(2)24-3/h4-11H,1-3H3,(H,18,21). The Labute approximate surface area is 146 Å². The summed E-state index contributed by atoms with van der Waals surface area (Å²) in [4.78, 5) is 28.4. The zero-order valence-electron chi connectivity index (χ0n) is 14.0. The largest absolute Gasteiger partial charge is 0.322 e. The predicted octanol–water partition coefficient (Wildman–Crippen LogP) is 2.32. The van der Waals surface area contributed by atoms with Gasteiger partial charge >= 0.3 is 0 Å². The van der Waals surface area contributed by atoms with Crippen LogP contribution in [0.4, 0.5) is 5.69 Å². The minimum Gasteiger partial charge on any atom is -0.322 e. The average molecular weight is 362 g/mol. The third kappa shape index (κ3) is 4.30. The number of carbonyl (C=O) groups is 2. The Morgan fingerprint density at radius 1 is 1.04 bits per heavy atom. The first-order valence-corrected chi connectivity index (χ1v) is 8.75. The van der Waals surface area contributed by atoms with Gasteiger partial charge in [-0.3, -0.25) is 14.4 Å². The monoisotopic (exact) mass is 362 g/mol. The molecule has 1 N–H and O–H groups in total. The van der Waals surface area contributed by atoms with Crippen molar-refractivity contribution in [2.24, 2.45) is 0 Å². The molecule has 0 radical (unpaired) electrons. The van der Waals surface area contributed by atoms with Gasteiger partial charge in [0.1, 0.15) is 0 Å². The third-order valence-electron chi connectivity index (χ3n) is 3.52. The fourth-order valence-electron chi connectivity index (χ4n) is 2.06. The lowest BCUT2D eigenvalue weighted by Crippen LogP contribution is -2.26. The van der Waals surface area contributed by atoms with Crippen LogP contribution in [0.25, 0.3) is 0 Å². The topological polar surface area (TPSA) is 92.8 Å². The minimum absolute atomic E-state index is 0.0676. The zero-order valence-corrected chi connectivity index (χ0v) is 14.8. The molecule has 0 saturated heterocycles. The van der Waals surface area contributed by atoms with Crippen molar-refractivity contribution in [2.45, 2.75) is 11.8 Å². The number of hydrogen-bond acceptors (Lipinski definition) is 5. The molecule has 0 aliphatic carbocycles. The van der Waals surface area contributed by atoms with Crippen LogP contribution >= 0.6 is 0 Å². The van der Waals surface area contributed by atoms with Crippen molar-refractivity contribution in [2.75, 3.05) is 19.5 Å². The number of anilines is 1. The van der Waals surface area contributed by atoms with E-state index in [0.717, 1.165) is 0 Å². The molecule has 0 spiro atoms. The quantitative estimate of drug-likeness (QED) is 0.629. The van der Waals surface area contributed by atoms with Gasteiger partial charge in [-0.15, -0.1) is 0 Å². The van der Waals surface area contributed by atoms with Crippen LogP contribution in [0, 0.1) is 0 Å². The summed E-state index contributed by atoms with van der Waals surface area (Å²) in [5.74, 6) is -0.607. The lowest BCUT2D eigenvalue weighted by Gasteiger charge is -2.14. The maximum Gasteiger partial charge on any atom is 0.264 e. The third-order valence-corrected chi connectivity index (χ3v) is 5.19. The first-order valence-electron chi connectivity index (χ1n) is 7.31. The second-order valence-corrected chi connectivity index (χ2v) is 7.15. The zero-order chi connectivity index (χ0) is 18.6. The van der Waals surface area contributed by atoms with E-state index in [1.807, 2.05) is 0 Å². The Kier molecular flexibility index (Phi) is 5.68. The van der Waals surface area contributed by atoms with E-state index in [9.17, 15) is 18.0 Å². The Balaban J connectivity index is 2.28. The molecule has 0 saturated carbocycles. The molecular weight excluding hydrogens is 344 g/mol. The van der Waals surface area contributed by atoms with Gasteiger partial charge in [0.05, 0.1) is 12.0 Å². The highest BCUT2D eigenvalue weighted by atomic mass is 32.2. The predicted molar refractivity (Wildman–Crippen MR) is 92.8 cm³/mol. The van der Waals surface area contributed by atoms with E-state index in [-0.39, 0.29) is 16.2 Å². The molecular formula is C17H18N2O5S. The van der Waals surface area contributed by atoms with Crippen molar-refractivity contribution in [3.8, 4) is 0 Å². The number of hydroxylamine groups is 1. The molecule has 0 aromatic heterocycles. The fraction of sp³-hybridized carbons (Fsp3) is 0.176. The molecule has 8 heteroatoms. The molecule has 0 bridgehead atoms. The molecule has 7 nitrogen and oxygen atoms in total. The average Bonchev–Trinajstić information content (AvgIpc) is 2.61. The summed E-state index contributed by atoms with van der Waals surface area (Å²) in [6.45, 7) is 1.43. The summed E-state index contributed by atoms with van der Waals surface area (Å²) in [6.07, 6.45) is 0. The van der Waals surface area contributed by atoms with Gasteiger partial charge in [-0.1, -0.05) is 22.7 Å². The SMILES string of the molecule is CON(C)S(=O)(=O)c1cccc(C(=O)Nc2cccc(C(C)=O)c2)c1. The van der Waals surface area contributed by atoms with Gasteiger partial charge in [0.2, 0.25) is 0 Å². The first kappa shape index (κ1) is 18.8. The molecule has 0 aliphatic heterocycles. The van der Waals surface area contributed by atoms with Crippen LogP contribution in [0.2, 0.25) is 0 Å². The van der Waals surface area contributed by atoms with Gasteiger partial charge in [0, 0.05) is 23.9 Å². The number of carbonyl (C=O) groups excluding carboxylic acids is 2. The number of sulfonamides is 1. The summed E-state index contributed by atoms with van der Waals surface area (Å²) >= 11 is 0. The smallest absolute Gasteiger partial charge is 0.264 e. The second kappa shape index (κ2) is 7.56. The van der Waals surface area contributed by atoms with Crippen molar-refractivity contribution < 1.29 is 22.8 Å². The van der Waals surface area contributed by atoms with Crippen LogP contribution in [-0.4, -0.2) is 38.7 Å². The van der Waals surface area contributed by atoms with Gasteiger partial charge in [0.25, 0.3) is 15.9 Å². The molecule has 2 aromatic carbocycles. The van der Waals surface area contributed by atoms with E-state index in [0.29, 0.717) is 15.7 Å². The van der Waals surface area contributed by atoms with Gasteiger partial charge < -0.3 is 5.32 Å². The number of amides is 1. The number of hydrogen-bond donors (Lipinski definition) is 1. The number of nitrogens with one attached hydrogen (secondary N) is 1. The number of benzene rings is 2. The van der Waals surface area contributed by atoms with E-state index in [4.69, 9.17) is 4.84 Å². The summed E-state index contributed by atoms with van der Waals surface area (Å²) in [5.41, 5.74) is 1.08. The van der Waals surface area contributed by atoms with Gasteiger partial charge in [-0.2, -0.15) is 0 Å². The molecule has 0 aliphatic rings. The molecule has 25 heavy (non-hydrogen) atoms. The van der Waals surface area contributed by atoms with E-state index in [1.54, 1.807) is 24.3 Å². The molecule has 1 amide bonds. The number of Topliss-reactive ketones (excluding diaryl/α,β-unsaturated/α-hetero) is 1. The fourth-order valence-corrected chi connectivity index (χ4v) is 3.08.